The number of rotatable bonds is 9. The van der Waals surface area contributed by atoms with Crippen LogP contribution in [0, 0.1) is 0 Å². The molecule has 0 saturated carbocycles. The maximum atomic E-state index is 12.9. The van der Waals surface area contributed by atoms with Gasteiger partial charge in [-0.15, -0.1) is 0 Å². The third kappa shape index (κ3) is 7.00. The van der Waals surface area contributed by atoms with E-state index in [-0.39, 0.29) is 21.9 Å². The summed E-state index contributed by atoms with van der Waals surface area (Å²) in [5.41, 5.74) is 3.81. The summed E-state index contributed by atoms with van der Waals surface area (Å²) in [5.74, 6) is -0.224. The minimum absolute atomic E-state index is 0.0514. The Hall–Kier alpha value is -5.19. The Kier molecular flexibility index (Phi) is 8.70. The number of fused-ring (bicyclic) bond motifs is 1. The number of carbonyl (C=O) groups is 2. The van der Waals surface area contributed by atoms with Crippen LogP contribution >= 0.6 is 11.6 Å². The largest absolute Gasteiger partial charge is 0.497 e. The molecule has 0 aromatic heterocycles. The lowest BCUT2D eigenvalue weighted by molar-refractivity contribution is 0.0734. The van der Waals surface area contributed by atoms with Crippen molar-refractivity contribution in [2.45, 2.75) is 4.90 Å². The van der Waals surface area contributed by atoms with Crippen molar-refractivity contribution >= 4 is 56.2 Å². The number of halogens is 1. The molecule has 2 N–H and O–H groups in total. The smallest absolute Gasteiger partial charge is 0.343 e. The van der Waals surface area contributed by atoms with Gasteiger partial charge >= 0.3 is 5.97 Å². The Morgan fingerprint density at radius 2 is 1.49 bits per heavy atom. The lowest BCUT2D eigenvalue weighted by Crippen LogP contribution is -2.18. The fourth-order valence-electron chi connectivity index (χ4n) is 4.12. The molecule has 9 nitrogen and oxygen atoms in total. The van der Waals surface area contributed by atoms with Crippen molar-refractivity contribution in [3.8, 4) is 11.5 Å². The second kappa shape index (κ2) is 12.8. The Labute approximate surface area is 252 Å². The number of carbonyl (C=O) groups excluding carboxylic acids is 2. The summed E-state index contributed by atoms with van der Waals surface area (Å²) in [5, 5.41) is 6.17. The van der Waals surface area contributed by atoms with Crippen LogP contribution in [0.1, 0.15) is 26.3 Å². The number of nitrogens with one attached hydrogen (secondary N) is 2. The molecule has 5 aromatic carbocycles. The molecular weight excluding hydrogens is 590 g/mol. The van der Waals surface area contributed by atoms with Crippen molar-refractivity contribution in [3.63, 3.8) is 0 Å². The molecule has 0 aliphatic rings. The molecule has 0 aliphatic heterocycles. The number of esters is 1. The first-order valence-electron chi connectivity index (χ1n) is 12.8. The number of amides is 1. The fraction of sp³-hybridized carbons (Fsp3) is 0.0312. The van der Waals surface area contributed by atoms with Crippen LogP contribution in [0.2, 0.25) is 5.02 Å². The third-order valence-corrected chi connectivity index (χ3v) is 7.99. The predicted octanol–water partition coefficient (Wildman–Crippen LogP) is 6.29. The molecule has 0 aliphatic carbocycles. The van der Waals surface area contributed by atoms with E-state index in [4.69, 9.17) is 21.1 Å². The molecule has 0 bridgehead atoms. The lowest BCUT2D eigenvalue weighted by atomic mass is 10.0. The Morgan fingerprint density at radius 3 is 2.19 bits per heavy atom. The Balaban J connectivity index is 1.30. The van der Waals surface area contributed by atoms with Crippen LogP contribution in [-0.4, -0.2) is 33.6 Å². The second-order valence-electron chi connectivity index (χ2n) is 9.15. The van der Waals surface area contributed by atoms with Crippen molar-refractivity contribution in [3.05, 3.63) is 131 Å². The van der Waals surface area contributed by atoms with E-state index in [2.05, 4.69) is 15.2 Å². The highest BCUT2D eigenvalue weighted by Crippen LogP contribution is 2.28. The quantitative estimate of drug-likeness (QED) is 0.0872. The maximum Gasteiger partial charge on any atom is 0.343 e. The summed E-state index contributed by atoms with van der Waals surface area (Å²) >= 11 is 5.84. The van der Waals surface area contributed by atoms with E-state index in [1.807, 2.05) is 30.3 Å². The van der Waals surface area contributed by atoms with Gasteiger partial charge < -0.3 is 9.47 Å². The highest BCUT2D eigenvalue weighted by molar-refractivity contribution is 7.92. The molecular formula is C32H24ClN3O6S. The molecule has 0 heterocycles. The monoisotopic (exact) mass is 613 g/mol. The van der Waals surface area contributed by atoms with Gasteiger partial charge in [-0.3, -0.25) is 9.52 Å². The Bertz CT molecular complexity index is 1930. The molecule has 43 heavy (non-hydrogen) atoms. The summed E-state index contributed by atoms with van der Waals surface area (Å²) < 4.78 is 38.5. The Morgan fingerprint density at radius 1 is 0.814 bits per heavy atom. The zero-order chi connectivity index (χ0) is 30.4. The fourth-order valence-corrected chi connectivity index (χ4v) is 5.31. The summed E-state index contributed by atoms with van der Waals surface area (Å²) in [4.78, 5) is 25.7. The number of hydrogen-bond donors (Lipinski definition) is 2. The van der Waals surface area contributed by atoms with Crippen LogP contribution in [0.3, 0.4) is 0 Å². The molecule has 0 atom stereocenters. The topological polar surface area (TPSA) is 123 Å². The van der Waals surface area contributed by atoms with Crippen LogP contribution in [0.15, 0.2) is 119 Å². The summed E-state index contributed by atoms with van der Waals surface area (Å²) in [7, 11) is -2.30. The van der Waals surface area contributed by atoms with Crippen LogP contribution in [0.5, 0.6) is 11.5 Å². The van der Waals surface area contributed by atoms with E-state index in [0.29, 0.717) is 21.9 Å². The first kappa shape index (κ1) is 29.3. The first-order valence-corrected chi connectivity index (χ1v) is 14.7. The van der Waals surface area contributed by atoms with E-state index < -0.39 is 21.9 Å². The number of benzene rings is 5. The van der Waals surface area contributed by atoms with E-state index in [1.54, 1.807) is 30.3 Å². The van der Waals surface area contributed by atoms with Gasteiger partial charge in [-0.1, -0.05) is 41.9 Å². The van der Waals surface area contributed by atoms with Gasteiger partial charge in [-0.25, -0.2) is 18.6 Å². The molecule has 5 aromatic rings. The number of ether oxygens (including phenoxy) is 2. The number of nitrogens with zero attached hydrogens (tertiary/aromatic N) is 1. The van der Waals surface area contributed by atoms with Gasteiger partial charge in [0, 0.05) is 21.8 Å². The molecule has 0 fully saturated rings. The van der Waals surface area contributed by atoms with E-state index in [0.717, 1.165) is 10.8 Å². The molecule has 0 unspecified atom stereocenters. The zero-order valence-corrected chi connectivity index (χ0v) is 24.2. The molecule has 216 valence electrons. The summed E-state index contributed by atoms with van der Waals surface area (Å²) in [6.07, 6.45) is 1.41. The van der Waals surface area contributed by atoms with Gasteiger partial charge in [0.25, 0.3) is 15.9 Å². The highest BCUT2D eigenvalue weighted by atomic mass is 35.5. The second-order valence-corrected chi connectivity index (χ2v) is 11.3. The molecule has 11 heteroatoms. The normalized spacial score (nSPS) is 11.3. The highest BCUT2D eigenvalue weighted by Gasteiger charge is 2.16. The van der Waals surface area contributed by atoms with Gasteiger partial charge in [0.15, 0.2) is 0 Å². The first-order chi connectivity index (χ1) is 20.7. The van der Waals surface area contributed by atoms with Crippen LogP contribution in [0.25, 0.3) is 10.8 Å². The van der Waals surface area contributed by atoms with E-state index in [9.17, 15) is 18.0 Å². The van der Waals surface area contributed by atoms with Gasteiger partial charge in [-0.2, -0.15) is 5.10 Å². The molecule has 1 amide bonds. The molecule has 5 rings (SSSR count). The number of methoxy groups -OCH3 is 1. The number of hydrazone groups is 1. The van der Waals surface area contributed by atoms with Crippen molar-refractivity contribution in [2.75, 3.05) is 11.8 Å². The van der Waals surface area contributed by atoms with Crippen LogP contribution in [-0.2, 0) is 10.0 Å². The van der Waals surface area contributed by atoms with Crippen molar-refractivity contribution in [2.24, 2.45) is 5.10 Å². The standard InChI is InChI=1S/C32H24ClN3O6S/c1-41-26-15-8-23(9-16-26)32(38)42-30-19-10-21-4-2-3-5-28(21)29(30)20-34-35-31(37)22-6-13-25(14-7-22)36-43(39,40)27-17-11-24(33)12-18-27/h2-20,36H,1H3,(H,35,37)/b34-20+. The third-order valence-electron chi connectivity index (χ3n) is 6.34. The van der Waals surface area contributed by atoms with Crippen LogP contribution in [0.4, 0.5) is 5.69 Å². The van der Waals surface area contributed by atoms with Crippen molar-refractivity contribution < 1.29 is 27.5 Å². The van der Waals surface area contributed by atoms with Gasteiger partial charge in [0.05, 0.1) is 23.8 Å². The summed E-state index contributed by atoms with van der Waals surface area (Å²) in [6.45, 7) is 0. The van der Waals surface area contributed by atoms with Gasteiger partial charge in [0.1, 0.15) is 11.5 Å². The molecule has 0 radical (unpaired) electrons. The van der Waals surface area contributed by atoms with Crippen molar-refractivity contribution in [1.29, 1.82) is 0 Å². The van der Waals surface area contributed by atoms with E-state index >= 15 is 0 Å². The average Bonchev–Trinajstić information content (AvgIpc) is 3.02. The molecule has 0 spiro atoms. The SMILES string of the molecule is COc1ccc(C(=O)Oc2ccc3ccccc3c2/C=N/NC(=O)c2ccc(NS(=O)(=O)c3ccc(Cl)cc3)cc2)cc1. The minimum Gasteiger partial charge on any atom is -0.497 e. The maximum absolute atomic E-state index is 12.9. The summed E-state index contributed by atoms with van der Waals surface area (Å²) in [6, 6.07) is 29.1. The minimum atomic E-state index is -3.83. The van der Waals surface area contributed by atoms with Gasteiger partial charge in [-0.05, 0) is 89.6 Å². The predicted molar refractivity (Wildman–Crippen MR) is 166 cm³/mol. The average molecular weight is 614 g/mol. The van der Waals surface area contributed by atoms with Crippen LogP contribution < -0.4 is 19.6 Å². The van der Waals surface area contributed by atoms with Crippen molar-refractivity contribution in [1.82, 2.24) is 5.43 Å². The van der Waals surface area contributed by atoms with Gasteiger partial charge in [0.2, 0.25) is 0 Å². The zero-order valence-electron chi connectivity index (χ0n) is 22.7. The number of hydrogen-bond acceptors (Lipinski definition) is 7. The molecule has 0 saturated heterocycles. The number of sulfonamides is 1. The van der Waals surface area contributed by atoms with E-state index in [1.165, 1.54) is 61.9 Å². The lowest BCUT2D eigenvalue weighted by Gasteiger charge is -2.11. The number of anilines is 1.